The summed E-state index contributed by atoms with van der Waals surface area (Å²) in [7, 11) is 0. The molecular formula is C16H17F3N6O2. The average Bonchev–Trinajstić information content (AvgIpc) is 3.15. The number of aromatic nitrogens is 2. The standard InChI is InChI=1S/C16H17F3N6O2/c1-9-2-3-10(15(27,8-26)16(17,18)19)6-11(9)12-7-21-13(20)14(24-12)25-22-4-5-23-25/h2-7,22-23,26-27H,8H2,1H3,(H2,20,21). The minimum Gasteiger partial charge on any atom is -0.393 e. The molecule has 0 saturated carbocycles. The van der Waals surface area contributed by atoms with Crippen molar-refractivity contribution in [1.82, 2.24) is 20.8 Å². The number of aliphatic hydroxyl groups excluding tert-OH is 1. The van der Waals surface area contributed by atoms with Gasteiger partial charge in [0.1, 0.15) is 0 Å². The molecule has 0 spiro atoms. The number of aryl methyl sites for hydroxylation is 1. The second-order valence-corrected chi connectivity index (χ2v) is 5.94. The zero-order valence-electron chi connectivity index (χ0n) is 14.1. The highest BCUT2D eigenvalue weighted by Crippen LogP contribution is 2.40. The van der Waals surface area contributed by atoms with Crippen LogP contribution < -0.4 is 21.7 Å². The Labute approximate surface area is 152 Å². The van der Waals surface area contributed by atoms with Gasteiger partial charge in [-0.05, 0) is 24.1 Å². The van der Waals surface area contributed by atoms with E-state index in [9.17, 15) is 23.4 Å². The van der Waals surface area contributed by atoms with Gasteiger partial charge >= 0.3 is 6.18 Å². The Kier molecular flexibility index (Phi) is 4.57. The van der Waals surface area contributed by atoms with E-state index in [1.165, 1.54) is 17.4 Å². The molecular weight excluding hydrogens is 365 g/mol. The quantitative estimate of drug-likeness (QED) is 0.533. The van der Waals surface area contributed by atoms with Crippen LogP contribution >= 0.6 is 0 Å². The highest BCUT2D eigenvalue weighted by molar-refractivity contribution is 5.69. The molecule has 0 aliphatic carbocycles. The van der Waals surface area contributed by atoms with Gasteiger partial charge in [0.05, 0.1) is 18.5 Å². The van der Waals surface area contributed by atoms with E-state index in [1.54, 1.807) is 19.3 Å². The first-order valence-corrected chi connectivity index (χ1v) is 7.79. The molecule has 0 radical (unpaired) electrons. The first-order chi connectivity index (χ1) is 12.7. The third-order valence-corrected chi connectivity index (χ3v) is 4.17. The minimum absolute atomic E-state index is 0.0958. The van der Waals surface area contributed by atoms with Crippen LogP contribution in [0.1, 0.15) is 11.1 Å². The Morgan fingerprint density at radius 2 is 1.89 bits per heavy atom. The summed E-state index contributed by atoms with van der Waals surface area (Å²) in [5, 5.41) is 20.6. The molecule has 0 bridgehead atoms. The fraction of sp³-hybridized carbons (Fsp3) is 0.250. The van der Waals surface area contributed by atoms with Gasteiger partial charge in [-0.1, -0.05) is 12.1 Å². The van der Waals surface area contributed by atoms with E-state index in [4.69, 9.17) is 5.73 Å². The van der Waals surface area contributed by atoms with E-state index in [1.807, 2.05) is 0 Å². The monoisotopic (exact) mass is 382 g/mol. The number of hydrazine groups is 2. The molecule has 0 fully saturated rings. The van der Waals surface area contributed by atoms with Crippen molar-refractivity contribution in [2.45, 2.75) is 18.7 Å². The van der Waals surface area contributed by atoms with Gasteiger partial charge in [-0.25, -0.2) is 9.97 Å². The lowest BCUT2D eigenvalue weighted by Gasteiger charge is -2.29. The lowest BCUT2D eigenvalue weighted by Crippen LogP contribution is -2.45. The fourth-order valence-corrected chi connectivity index (χ4v) is 2.57. The summed E-state index contributed by atoms with van der Waals surface area (Å²) in [5.41, 5.74) is 8.71. The predicted octanol–water partition coefficient (Wildman–Crippen LogP) is 1.08. The molecule has 8 nitrogen and oxygen atoms in total. The van der Waals surface area contributed by atoms with Gasteiger partial charge in [0.25, 0.3) is 0 Å². The number of rotatable bonds is 4. The average molecular weight is 382 g/mol. The number of benzene rings is 1. The third kappa shape index (κ3) is 3.22. The first-order valence-electron chi connectivity index (χ1n) is 7.79. The van der Waals surface area contributed by atoms with E-state index in [0.29, 0.717) is 11.1 Å². The molecule has 0 saturated heterocycles. The summed E-state index contributed by atoms with van der Waals surface area (Å²) in [6.45, 7) is 0.168. The number of anilines is 2. The lowest BCUT2D eigenvalue weighted by atomic mass is 9.90. The molecule has 1 aromatic heterocycles. The second-order valence-electron chi connectivity index (χ2n) is 5.94. The zero-order chi connectivity index (χ0) is 19.8. The SMILES string of the molecule is Cc1ccc(C(O)(CO)C(F)(F)F)cc1-c1cnc(N)c(N2NC=CN2)n1. The molecule has 144 valence electrons. The van der Waals surface area contributed by atoms with E-state index >= 15 is 0 Å². The van der Waals surface area contributed by atoms with Crippen LogP contribution in [0.25, 0.3) is 11.3 Å². The number of halogens is 3. The van der Waals surface area contributed by atoms with E-state index in [2.05, 4.69) is 20.8 Å². The highest BCUT2D eigenvalue weighted by Gasteiger charge is 2.54. The molecule has 1 atom stereocenters. The molecule has 1 unspecified atom stereocenters. The number of nitrogen functional groups attached to an aromatic ring is 1. The van der Waals surface area contributed by atoms with Gasteiger partial charge in [0.15, 0.2) is 5.82 Å². The number of alkyl halides is 3. The number of aliphatic hydroxyl groups is 2. The van der Waals surface area contributed by atoms with Crippen LogP contribution in [0, 0.1) is 6.92 Å². The van der Waals surface area contributed by atoms with Gasteiger partial charge < -0.3 is 15.9 Å². The van der Waals surface area contributed by atoms with Gasteiger partial charge in [-0.3, -0.25) is 10.9 Å². The highest BCUT2D eigenvalue weighted by atomic mass is 19.4. The summed E-state index contributed by atoms with van der Waals surface area (Å²) in [4.78, 5) is 8.38. The van der Waals surface area contributed by atoms with Crippen molar-refractivity contribution in [1.29, 1.82) is 0 Å². The van der Waals surface area contributed by atoms with Gasteiger partial charge in [0, 0.05) is 18.0 Å². The van der Waals surface area contributed by atoms with Crippen LogP contribution in [0.3, 0.4) is 0 Å². The van der Waals surface area contributed by atoms with Crippen molar-refractivity contribution < 1.29 is 23.4 Å². The van der Waals surface area contributed by atoms with Crippen LogP contribution in [0.15, 0.2) is 36.8 Å². The molecule has 1 aliphatic rings. The lowest BCUT2D eigenvalue weighted by molar-refractivity contribution is -0.277. The van der Waals surface area contributed by atoms with E-state index in [-0.39, 0.29) is 17.3 Å². The maximum Gasteiger partial charge on any atom is 0.423 e. The Morgan fingerprint density at radius 3 is 2.48 bits per heavy atom. The molecule has 1 aromatic carbocycles. The number of nitrogens with two attached hydrogens (primary N) is 1. The molecule has 3 rings (SSSR count). The minimum atomic E-state index is -5.05. The summed E-state index contributed by atoms with van der Waals surface area (Å²) < 4.78 is 39.8. The zero-order valence-corrected chi connectivity index (χ0v) is 14.1. The van der Waals surface area contributed by atoms with Crippen molar-refractivity contribution in [2.75, 3.05) is 17.5 Å². The van der Waals surface area contributed by atoms with E-state index in [0.717, 1.165) is 12.1 Å². The maximum absolute atomic E-state index is 13.3. The van der Waals surface area contributed by atoms with Crippen LogP contribution in [-0.2, 0) is 5.60 Å². The Balaban J connectivity index is 2.09. The molecule has 0 amide bonds. The molecule has 11 heteroatoms. The smallest absolute Gasteiger partial charge is 0.393 e. The second kappa shape index (κ2) is 6.59. The van der Waals surface area contributed by atoms with Crippen LogP contribution in [0.4, 0.5) is 24.8 Å². The summed E-state index contributed by atoms with van der Waals surface area (Å²) in [5.74, 6) is 0.314. The molecule has 6 N–H and O–H groups in total. The molecule has 27 heavy (non-hydrogen) atoms. The van der Waals surface area contributed by atoms with E-state index < -0.39 is 23.9 Å². The van der Waals surface area contributed by atoms with Crippen LogP contribution in [-0.4, -0.2) is 33.0 Å². The summed E-state index contributed by atoms with van der Waals surface area (Å²) in [6, 6.07) is 3.65. The van der Waals surface area contributed by atoms with Gasteiger partial charge in [-0.2, -0.15) is 18.3 Å². The van der Waals surface area contributed by atoms with Gasteiger partial charge in [-0.15, -0.1) is 0 Å². The normalized spacial score (nSPS) is 16.0. The van der Waals surface area contributed by atoms with Crippen molar-refractivity contribution in [3.63, 3.8) is 0 Å². The number of nitrogens with one attached hydrogen (secondary N) is 2. The molecule has 2 heterocycles. The summed E-state index contributed by atoms with van der Waals surface area (Å²) in [6.07, 6.45) is -0.559. The summed E-state index contributed by atoms with van der Waals surface area (Å²) >= 11 is 0. The van der Waals surface area contributed by atoms with Crippen molar-refractivity contribution in [2.24, 2.45) is 0 Å². The predicted molar refractivity (Wildman–Crippen MR) is 91.5 cm³/mol. The third-order valence-electron chi connectivity index (χ3n) is 4.17. The van der Waals surface area contributed by atoms with Crippen molar-refractivity contribution >= 4 is 11.6 Å². The number of hydrogen-bond acceptors (Lipinski definition) is 8. The first kappa shape index (κ1) is 18.7. The number of nitrogens with zero attached hydrogens (tertiary/aromatic N) is 3. The Hall–Kier alpha value is -3.05. The fourth-order valence-electron chi connectivity index (χ4n) is 2.57. The topological polar surface area (TPSA) is 120 Å². The Bertz CT molecular complexity index is 881. The van der Waals surface area contributed by atoms with Crippen LogP contribution in [0.2, 0.25) is 0 Å². The Morgan fingerprint density at radius 1 is 1.22 bits per heavy atom. The largest absolute Gasteiger partial charge is 0.423 e. The van der Waals surface area contributed by atoms with Crippen LogP contribution in [0.5, 0.6) is 0 Å². The van der Waals surface area contributed by atoms with Gasteiger partial charge in [0.2, 0.25) is 11.4 Å². The van der Waals surface area contributed by atoms with Crippen molar-refractivity contribution in [3.05, 3.63) is 47.9 Å². The van der Waals surface area contributed by atoms with Crippen molar-refractivity contribution in [3.8, 4) is 11.3 Å². The molecule has 1 aliphatic heterocycles. The maximum atomic E-state index is 13.3. The molecule has 2 aromatic rings. The number of hydrogen-bond donors (Lipinski definition) is 5.